The second-order valence-corrected chi connectivity index (χ2v) is 6.11. The van der Waals surface area contributed by atoms with Crippen molar-refractivity contribution in [3.63, 3.8) is 0 Å². The Morgan fingerprint density at radius 3 is 2.41 bits per heavy atom. The zero-order chi connectivity index (χ0) is 21.7. The lowest BCUT2D eigenvalue weighted by atomic mass is 9.96. The number of rotatable bonds is 4. The fourth-order valence-electron chi connectivity index (χ4n) is 3.03. The molecule has 0 amide bonds. The first kappa shape index (κ1) is 22.1. The molecule has 1 unspecified atom stereocenters. The van der Waals surface area contributed by atoms with Crippen molar-refractivity contribution in [2.45, 2.75) is 33.8 Å². The number of ether oxygens (including phenoxy) is 2. The molecule has 5 nitrogen and oxygen atoms in total. The van der Waals surface area contributed by atoms with E-state index in [9.17, 15) is 18.9 Å². The number of nitro groups is 1. The van der Waals surface area contributed by atoms with Gasteiger partial charge in [0.25, 0.3) is 5.70 Å². The molecule has 0 aromatic heterocycles. The highest BCUT2D eigenvalue weighted by atomic mass is 19.1. The maximum atomic E-state index is 14.0. The first-order valence-corrected chi connectivity index (χ1v) is 9.15. The molecule has 0 radical (unpaired) electrons. The maximum absolute atomic E-state index is 14.0. The van der Waals surface area contributed by atoms with Crippen molar-refractivity contribution in [3.8, 4) is 11.5 Å². The van der Waals surface area contributed by atoms with Gasteiger partial charge in [-0.2, -0.15) is 0 Å². The van der Waals surface area contributed by atoms with Crippen molar-refractivity contribution in [1.29, 1.82) is 0 Å². The van der Waals surface area contributed by atoms with E-state index in [1.54, 1.807) is 24.3 Å². The van der Waals surface area contributed by atoms with Gasteiger partial charge in [0.05, 0.1) is 17.9 Å². The maximum Gasteiger partial charge on any atom is 0.291 e. The third-order valence-electron chi connectivity index (χ3n) is 4.28. The second-order valence-electron chi connectivity index (χ2n) is 6.11. The van der Waals surface area contributed by atoms with Gasteiger partial charge in [0.1, 0.15) is 17.3 Å². The van der Waals surface area contributed by atoms with Crippen LogP contribution in [0.25, 0.3) is 16.8 Å². The predicted octanol–water partition coefficient (Wildman–Crippen LogP) is 6.37. The van der Waals surface area contributed by atoms with Crippen molar-refractivity contribution in [2.75, 3.05) is 7.11 Å². The summed E-state index contributed by atoms with van der Waals surface area (Å²) < 4.78 is 38.4. The number of benzene rings is 2. The fraction of sp³-hybridized carbons (Fsp3) is 0.273. The lowest BCUT2D eigenvalue weighted by molar-refractivity contribution is -0.432. The minimum absolute atomic E-state index is 0.227. The molecular formula is C22H23F2NO4. The van der Waals surface area contributed by atoms with Crippen LogP contribution in [0.5, 0.6) is 11.5 Å². The van der Waals surface area contributed by atoms with E-state index in [-0.39, 0.29) is 11.3 Å². The van der Waals surface area contributed by atoms with Gasteiger partial charge in [0.15, 0.2) is 0 Å². The zero-order valence-electron chi connectivity index (χ0n) is 17.0. The monoisotopic (exact) mass is 403 g/mol. The van der Waals surface area contributed by atoms with Crippen LogP contribution in [-0.4, -0.2) is 18.1 Å². The van der Waals surface area contributed by atoms with E-state index in [1.807, 2.05) is 19.9 Å². The fourth-order valence-corrected chi connectivity index (χ4v) is 3.03. The van der Waals surface area contributed by atoms with Gasteiger partial charge in [-0.3, -0.25) is 10.1 Å². The summed E-state index contributed by atoms with van der Waals surface area (Å²) in [6, 6.07) is 8.79. The van der Waals surface area contributed by atoms with Crippen molar-refractivity contribution in [1.82, 2.24) is 0 Å². The minimum Gasteiger partial charge on any atom is -0.497 e. The van der Waals surface area contributed by atoms with Gasteiger partial charge in [-0.15, -0.1) is 0 Å². The topological polar surface area (TPSA) is 61.6 Å². The molecule has 7 heteroatoms. The minimum atomic E-state index is -1.36. The molecule has 2 aromatic rings. The third kappa shape index (κ3) is 4.62. The Kier molecular flexibility index (Phi) is 7.09. The van der Waals surface area contributed by atoms with Crippen LogP contribution in [-0.2, 0) is 0 Å². The zero-order valence-corrected chi connectivity index (χ0v) is 17.0. The van der Waals surface area contributed by atoms with Gasteiger partial charge in [-0.05, 0) is 48.9 Å². The summed E-state index contributed by atoms with van der Waals surface area (Å²) in [5.74, 6) is -0.502. The number of nitrogens with zero attached hydrogens (tertiary/aromatic N) is 1. The second kappa shape index (κ2) is 9.32. The molecule has 3 rings (SSSR count). The van der Waals surface area contributed by atoms with E-state index in [0.717, 1.165) is 25.3 Å². The van der Waals surface area contributed by atoms with Gasteiger partial charge in [0, 0.05) is 17.2 Å². The molecule has 0 saturated carbocycles. The molecular weight excluding hydrogens is 380 g/mol. The largest absolute Gasteiger partial charge is 0.497 e. The van der Waals surface area contributed by atoms with E-state index in [1.165, 1.54) is 13.2 Å². The third-order valence-corrected chi connectivity index (χ3v) is 4.28. The first-order chi connectivity index (χ1) is 13.8. The molecule has 29 heavy (non-hydrogen) atoms. The molecule has 0 aliphatic carbocycles. The summed E-state index contributed by atoms with van der Waals surface area (Å²) in [5.41, 5.74) is -0.108. The Labute approximate surface area is 168 Å². The molecule has 1 aliphatic rings. The number of methoxy groups -OCH3 is 1. The summed E-state index contributed by atoms with van der Waals surface area (Å²) >= 11 is 0. The molecule has 1 atom stereocenters. The number of hydrogen-bond acceptors (Lipinski definition) is 4. The van der Waals surface area contributed by atoms with Gasteiger partial charge >= 0.3 is 0 Å². The van der Waals surface area contributed by atoms with Gasteiger partial charge in [-0.1, -0.05) is 26.0 Å². The average Bonchev–Trinajstić information content (AvgIpc) is 2.71. The molecule has 0 N–H and O–H groups in total. The standard InChI is InChI=1S/C20H17F2NO4.C2H6/c1-11(21)8-15(12(2)22)20-18(23(24)25)10-17-16-9-14(26-3)6-4-13(16)5-7-19(17)27-20;1-2/h4-10,20H,1-3H3;1-2H3/b11-8+,15-12-;. The lowest BCUT2D eigenvalue weighted by Gasteiger charge is -2.24. The van der Waals surface area contributed by atoms with Crippen LogP contribution in [0.4, 0.5) is 8.78 Å². The van der Waals surface area contributed by atoms with Crippen LogP contribution in [0.15, 0.2) is 59.3 Å². The molecule has 2 aromatic carbocycles. The van der Waals surface area contributed by atoms with Crippen molar-refractivity contribution >= 4 is 16.8 Å². The Morgan fingerprint density at radius 2 is 1.86 bits per heavy atom. The van der Waals surface area contributed by atoms with Crippen LogP contribution >= 0.6 is 0 Å². The number of allylic oxidation sites excluding steroid dienone is 2. The van der Waals surface area contributed by atoms with Crippen molar-refractivity contribution < 1.29 is 23.2 Å². The van der Waals surface area contributed by atoms with Crippen LogP contribution in [0.2, 0.25) is 0 Å². The Balaban J connectivity index is 0.00000145. The van der Waals surface area contributed by atoms with Crippen molar-refractivity contribution in [2.24, 2.45) is 0 Å². The lowest BCUT2D eigenvalue weighted by Crippen LogP contribution is -2.29. The summed E-state index contributed by atoms with van der Waals surface area (Å²) in [6.45, 7) is 6.24. The quantitative estimate of drug-likeness (QED) is 0.338. The van der Waals surface area contributed by atoms with E-state index in [0.29, 0.717) is 22.4 Å². The molecule has 0 fully saturated rings. The molecule has 0 saturated heterocycles. The van der Waals surface area contributed by atoms with Crippen molar-refractivity contribution in [3.05, 3.63) is 75.0 Å². The molecule has 0 bridgehead atoms. The molecule has 0 spiro atoms. The summed E-state index contributed by atoms with van der Waals surface area (Å²) in [7, 11) is 1.52. The molecule has 1 heterocycles. The highest BCUT2D eigenvalue weighted by Crippen LogP contribution is 2.39. The van der Waals surface area contributed by atoms with E-state index < -0.39 is 22.7 Å². The highest BCUT2D eigenvalue weighted by Gasteiger charge is 2.36. The van der Waals surface area contributed by atoms with Crippen LogP contribution in [0.1, 0.15) is 33.3 Å². The number of fused-ring (bicyclic) bond motifs is 3. The Hall–Kier alpha value is -3.22. The van der Waals surface area contributed by atoms with Crippen LogP contribution < -0.4 is 9.47 Å². The van der Waals surface area contributed by atoms with Gasteiger partial charge in [0.2, 0.25) is 6.10 Å². The molecule has 154 valence electrons. The number of halogens is 2. The van der Waals surface area contributed by atoms with Crippen LogP contribution in [0, 0.1) is 10.1 Å². The van der Waals surface area contributed by atoms with Crippen LogP contribution in [0.3, 0.4) is 0 Å². The normalized spacial score (nSPS) is 16.6. The number of hydrogen-bond donors (Lipinski definition) is 0. The summed E-state index contributed by atoms with van der Waals surface area (Å²) in [4.78, 5) is 11.0. The Morgan fingerprint density at radius 1 is 1.21 bits per heavy atom. The smallest absolute Gasteiger partial charge is 0.291 e. The highest BCUT2D eigenvalue weighted by molar-refractivity contribution is 5.95. The van der Waals surface area contributed by atoms with E-state index in [2.05, 4.69) is 0 Å². The van der Waals surface area contributed by atoms with Gasteiger partial charge in [-0.25, -0.2) is 8.78 Å². The van der Waals surface area contributed by atoms with E-state index >= 15 is 0 Å². The predicted molar refractivity (Wildman–Crippen MR) is 110 cm³/mol. The van der Waals surface area contributed by atoms with E-state index in [4.69, 9.17) is 9.47 Å². The van der Waals surface area contributed by atoms with Gasteiger partial charge < -0.3 is 9.47 Å². The average molecular weight is 403 g/mol. The summed E-state index contributed by atoms with van der Waals surface area (Å²) in [6.07, 6.45) is 0.897. The summed E-state index contributed by atoms with van der Waals surface area (Å²) in [5, 5.41) is 13.2. The Bertz CT molecular complexity index is 1020. The molecule has 1 aliphatic heterocycles. The first-order valence-electron chi connectivity index (χ1n) is 9.15. The SMILES string of the molecule is CC.COc1ccc2ccc3c(c2c1)C=C([N+](=O)[O-])C(C(/C=C(\C)F)=C(/C)F)O3.